The highest BCUT2D eigenvalue weighted by molar-refractivity contribution is 5.81. The van der Waals surface area contributed by atoms with Crippen LogP contribution in [0, 0.1) is 12.8 Å². The molecule has 3 heteroatoms. The minimum absolute atomic E-state index is 0.143. The summed E-state index contributed by atoms with van der Waals surface area (Å²) in [5.74, 6) is 1.56. The van der Waals surface area contributed by atoms with Crippen LogP contribution in [-0.4, -0.2) is 19.3 Å². The minimum atomic E-state index is 0.143. The molecule has 2 heterocycles. The van der Waals surface area contributed by atoms with Crippen molar-refractivity contribution in [2.75, 3.05) is 13.2 Å². The number of furan rings is 1. The molecule has 3 atom stereocenters. The van der Waals surface area contributed by atoms with E-state index >= 15 is 0 Å². The number of likely N-dealkylation sites (N-methyl/N-ethyl adjacent to an activating group) is 1. The summed E-state index contributed by atoms with van der Waals surface area (Å²) in [5, 5.41) is 4.71. The standard InChI is InChI=1S/C17H23NO2/c1-4-18-15(17-12(3)8-9-19-17)14-10-13-7-5-6-11(2)16(13)20-14/h5-7,10,12,15,17-18H,4,8-9H2,1-3H3. The second-order valence-corrected chi connectivity index (χ2v) is 5.78. The van der Waals surface area contributed by atoms with Crippen molar-refractivity contribution < 1.29 is 9.15 Å². The number of para-hydroxylation sites is 1. The number of hydrogen-bond acceptors (Lipinski definition) is 3. The van der Waals surface area contributed by atoms with Crippen LogP contribution in [0.25, 0.3) is 11.0 Å². The largest absolute Gasteiger partial charge is 0.459 e. The van der Waals surface area contributed by atoms with Crippen molar-refractivity contribution >= 4 is 11.0 Å². The SMILES string of the molecule is CCNC(c1cc2cccc(C)c2o1)C1OCCC1C. The van der Waals surface area contributed by atoms with Crippen molar-refractivity contribution in [1.29, 1.82) is 0 Å². The zero-order valence-electron chi connectivity index (χ0n) is 12.5. The maximum absolute atomic E-state index is 6.13. The van der Waals surface area contributed by atoms with Gasteiger partial charge in [0.1, 0.15) is 11.3 Å². The summed E-state index contributed by atoms with van der Waals surface area (Å²) < 4.78 is 12.1. The summed E-state index contributed by atoms with van der Waals surface area (Å²) in [5.41, 5.74) is 2.18. The molecule has 1 aliphatic rings. The zero-order chi connectivity index (χ0) is 14.1. The fraction of sp³-hybridized carbons (Fsp3) is 0.529. The number of rotatable bonds is 4. The van der Waals surface area contributed by atoms with E-state index in [0.29, 0.717) is 5.92 Å². The van der Waals surface area contributed by atoms with Crippen molar-refractivity contribution in [3.8, 4) is 0 Å². The van der Waals surface area contributed by atoms with Crippen LogP contribution in [0.3, 0.4) is 0 Å². The molecule has 0 radical (unpaired) electrons. The van der Waals surface area contributed by atoms with Gasteiger partial charge in [0.05, 0.1) is 12.1 Å². The first-order valence-corrected chi connectivity index (χ1v) is 7.54. The first-order chi connectivity index (χ1) is 9.70. The van der Waals surface area contributed by atoms with E-state index in [1.54, 1.807) is 0 Å². The number of benzene rings is 1. The Hall–Kier alpha value is -1.32. The van der Waals surface area contributed by atoms with Gasteiger partial charge in [0.25, 0.3) is 0 Å². The number of hydrogen-bond donors (Lipinski definition) is 1. The Morgan fingerprint density at radius 2 is 2.25 bits per heavy atom. The lowest BCUT2D eigenvalue weighted by atomic mass is 9.96. The van der Waals surface area contributed by atoms with E-state index in [2.05, 4.69) is 50.4 Å². The molecule has 0 aliphatic carbocycles. The van der Waals surface area contributed by atoms with Gasteiger partial charge in [-0.1, -0.05) is 32.0 Å². The summed E-state index contributed by atoms with van der Waals surface area (Å²) in [6, 6.07) is 8.58. The molecular formula is C17H23NO2. The number of fused-ring (bicyclic) bond motifs is 1. The molecule has 0 spiro atoms. The fourth-order valence-corrected chi connectivity index (χ4v) is 3.12. The van der Waals surface area contributed by atoms with Crippen LogP contribution in [0.4, 0.5) is 0 Å². The van der Waals surface area contributed by atoms with Gasteiger partial charge in [0.15, 0.2) is 0 Å². The maximum atomic E-state index is 6.13. The Balaban J connectivity index is 1.98. The zero-order valence-corrected chi connectivity index (χ0v) is 12.5. The lowest BCUT2D eigenvalue weighted by Gasteiger charge is -2.25. The molecule has 0 amide bonds. The van der Waals surface area contributed by atoms with Gasteiger partial charge in [-0.15, -0.1) is 0 Å². The predicted molar refractivity (Wildman–Crippen MR) is 80.9 cm³/mol. The third-order valence-corrected chi connectivity index (χ3v) is 4.26. The van der Waals surface area contributed by atoms with Gasteiger partial charge in [0, 0.05) is 12.0 Å². The first kappa shape index (κ1) is 13.7. The second-order valence-electron chi connectivity index (χ2n) is 5.78. The smallest absolute Gasteiger partial charge is 0.137 e. The van der Waals surface area contributed by atoms with Crippen molar-refractivity contribution in [1.82, 2.24) is 5.32 Å². The summed E-state index contributed by atoms with van der Waals surface area (Å²) in [6.07, 6.45) is 1.34. The summed E-state index contributed by atoms with van der Waals surface area (Å²) in [4.78, 5) is 0. The van der Waals surface area contributed by atoms with Crippen LogP contribution < -0.4 is 5.32 Å². The molecule has 1 aromatic heterocycles. The molecule has 3 nitrogen and oxygen atoms in total. The van der Waals surface area contributed by atoms with Crippen LogP contribution in [-0.2, 0) is 4.74 Å². The first-order valence-electron chi connectivity index (χ1n) is 7.54. The van der Waals surface area contributed by atoms with E-state index in [1.807, 2.05) is 0 Å². The van der Waals surface area contributed by atoms with Gasteiger partial charge in [-0.05, 0) is 37.4 Å². The molecule has 1 aliphatic heterocycles. The number of ether oxygens (including phenoxy) is 1. The van der Waals surface area contributed by atoms with E-state index in [0.717, 1.165) is 30.9 Å². The Morgan fingerprint density at radius 1 is 1.40 bits per heavy atom. The fourth-order valence-electron chi connectivity index (χ4n) is 3.12. The summed E-state index contributed by atoms with van der Waals surface area (Å²) in [7, 11) is 0. The Labute approximate surface area is 120 Å². The monoisotopic (exact) mass is 273 g/mol. The summed E-state index contributed by atoms with van der Waals surface area (Å²) >= 11 is 0. The number of nitrogens with one attached hydrogen (secondary N) is 1. The molecule has 2 aromatic rings. The van der Waals surface area contributed by atoms with Gasteiger partial charge in [-0.2, -0.15) is 0 Å². The Kier molecular flexibility index (Phi) is 3.81. The Morgan fingerprint density at radius 3 is 2.90 bits per heavy atom. The molecule has 1 aromatic carbocycles. The van der Waals surface area contributed by atoms with E-state index in [9.17, 15) is 0 Å². The maximum Gasteiger partial charge on any atom is 0.137 e. The topological polar surface area (TPSA) is 34.4 Å². The second kappa shape index (κ2) is 5.58. The molecule has 3 rings (SSSR count). The van der Waals surface area contributed by atoms with Crippen LogP contribution in [0.15, 0.2) is 28.7 Å². The van der Waals surface area contributed by atoms with E-state index in [1.165, 1.54) is 10.9 Å². The molecule has 1 saturated heterocycles. The van der Waals surface area contributed by atoms with Crippen molar-refractivity contribution in [2.24, 2.45) is 5.92 Å². The van der Waals surface area contributed by atoms with E-state index in [4.69, 9.17) is 9.15 Å². The average Bonchev–Trinajstić information content (AvgIpc) is 3.03. The van der Waals surface area contributed by atoms with Crippen molar-refractivity contribution in [2.45, 2.75) is 39.3 Å². The van der Waals surface area contributed by atoms with Gasteiger partial charge < -0.3 is 14.5 Å². The average molecular weight is 273 g/mol. The molecule has 0 bridgehead atoms. The van der Waals surface area contributed by atoms with Gasteiger partial charge >= 0.3 is 0 Å². The molecule has 108 valence electrons. The minimum Gasteiger partial charge on any atom is -0.459 e. The highest BCUT2D eigenvalue weighted by Gasteiger charge is 2.34. The van der Waals surface area contributed by atoms with Crippen LogP contribution in [0.1, 0.15) is 37.6 Å². The van der Waals surface area contributed by atoms with Crippen LogP contribution in [0.2, 0.25) is 0 Å². The molecule has 0 saturated carbocycles. The van der Waals surface area contributed by atoms with E-state index in [-0.39, 0.29) is 12.1 Å². The van der Waals surface area contributed by atoms with Crippen LogP contribution >= 0.6 is 0 Å². The van der Waals surface area contributed by atoms with E-state index < -0.39 is 0 Å². The molecule has 1 fully saturated rings. The highest BCUT2D eigenvalue weighted by atomic mass is 16.5. The van der Waals surface area contributed by atoms with Gasteiger partial charge in [0.2, 0.25) is 0 Å². The van der Waals surface area contributed by atoms with Crippen molar-refractivity contribution in [3.63, 3.8) is 0 Å². The highest BCUT2D eigenvalue weighted by Crippen LogP contribution is 2.34. The third kappa shape index (κ3) is 2.36. The quantitative estimate of drug-likeness (QED) is 0.919. The number of aryl methyl sites for hydroxylation is 1. The normalized spacial score (nSPS) is 24.4. The molecule has 1 N–H and O–H groups in total. The van der Waals surface area contributed by atoms with Gasteiger partial charge in [-0.3, -0.25) is 0 Å². The summed E-state index contributed by atoms with van der Waals surface area (Å²) in [6.45, 7) is 8.24. The van der Waals surface area contributed by atoms with Crippen molar-refractivity contribution in [3.05, 3.63) is 35.6 Å². The third-order valence-electron chi connectivity index (χ3n) is 4.26. The predicted octanol–water partition coefficient (Wildman–Crippen LogP) is 3.82. The Bertz CT molecular complexity index is 590. The molecular weight excluding hydrogens is 250 g/mol. The lowest BCUT2D eigenvalue weighted by Crippen LogP contribution is -2.34. The lowest BCUT2D eigenvalue weighted by molar-refractivity contribution is 0.0549. The molecule has 20 heavy (non-hydrogen) atoms. The van der Waals surface area contributed by atoms with Crippen LogP contribution in [0.5, 0.6) is 0 Å². The molecule has 3 unspecified atom stereocenters. The van der Waals surface area contributed by atoms with Gasteiger partial charge in [-0.25, -0.2) is 0 Å².